The fourth-order valence-electron chi connectivity index (χ4n) is 3.99. The average Bonchev–Trinajstić information content (AvgIpc) is 3.12. The van der Waals surface area contributed by atoms with Crippen molar-refractivity contribution in [1.29, 1.82) is 5.26 Å². The number of anilines is 3. The summed E-state index contributed by atoms with van der Waals surface area (Å²) < 4.78 is 15.3. The molecule has 9 heteroatoms. The van der Waals surface area contributed by atoms with Crippen molar-refractivity contribution in [1.82, 2.24) is 25.1 Å². The summed E-state index contributed by atoms with van der Waals surface area (Å²) in [5.41, 5.74) is 2.25. The second kappa shape index (κ2) is 8.32. The number of rotatable bonds is 7. The van der Waals surface area contributed by atoms with Crippen LogP contribution in [0.4, 0.5) is 21.8 Å². The Morgan fingerprint density at radius 1 is 1.32 bits per heavy atom. The van der Waals surface area contributed by atoms with Crippen molar-refractivity contribution in [2.24, 2.45) is 7.05 Å². The van der Waals surface area contributed by atoms with Crippen molar-refractivity contribution in [3.05, 3.63) is 59.8 Å². The number of hydrogen-bond donors (Lipinski definition) is 2. The second-order valence-electron chi connectivity index (χ2n) is 8.12. The molecular formula is C22H25FN8. The van der Waals surface area contributed by atoms with Crippen molar-refractivity contribution in [2.75, 3.05) is 23.3 Å². The minimum atomic E-state index is -0.380. The fraction of sp³-hybridized carbons (Fsp3) is 0.364. The van der Waals surface area contributed by atoms with Gasteiger partial charge in [-0.3, -0.25) is 4.68 Å². The van der Waals surface area contributed by atoms with E-state index in [2.05, 4.69) is 36.7 Å². The predicted molar refractivity (Wildman–Crippen MR) is 116 cm³/mol. The first-order chi connectivity index (χ1) is 14.9. The molecular weight excluding hydrogens is 395 g/mol. The van der Waals surface area contributed by atoms with Crippen LogP contribution in [0.25, 0.3) is 0 Å². The molecule has 1 aliphatic heterocycles. The molecule has 2 aromatic heterocycles. The number of nitrogens with one attached hydrogen (secondary N) is 2. The number of hydrogen-bond acceptors (Lipinski definition) is 7. The van der Waals surface area contributed by atoms with Gasteiger partial charge in [0.15, 0.2) is 0 Å². The van der Waals surface area contributed by atoms with Gasteiger partial charge in [0.05, 0.1) is 29.9 Å². The first kappa shape index (κ1) is 20.8. The van der Waals surface area contributed by atoms with E-state index in [0.29, 0.717) is 25.5 Å². The number of halogens is 1. The van der Waals surface area contributed by atoms with Crippen LogP contribution in [0.2, 0.25) is 0 Å². The van der Waals surface area contributed by atoms with E-state index in [9.17, 15) is 9.65 Å². The molecule has 0 amide bonds. The minimum absolute atomic E-state index is 0.0829. The molecule has 1 atom stereocenters. The zero-order valence-corrected chi connectivity index (χ0v) is 17.8. The monoisotopic (exact) mass is 420 g/mol. The normalized spacial score (nSPS) is 15.8. The highest BCUT2D eigenvalue weighted by Gasteiger charge is 2.44. The molecule has 1 saturated heterocycles. The lowest BCUT2D eigenvalue weighted by Crippen LogP contribution is -2.69. The molecule has 0 radical (unpaired) electrons. The van der Waals surface area contributed by atoms with Crippen molar-refractivity contribution in [3.63, 3.8) is 0 Å². The number of nitrogens with zero attached hydrogens (tertiary/aromatic N) is 6. The summed E-state index contributed by atoms with van der Waals surface area (Å²) in [6, 6.07) is 8.76. The lowest BCUT2D eigenvalue weighted by atomic mass is 9.85. The maximum atomic E-state index is 13.6. The number of aryl methyl sites for hydroxylation is 2. The Bertz CT molecular complexity index is 1110. The highest BCUT2D eigenvalue weighted by Crippen LogP contribution is 2.33. The molecule has 2 N–H and O–H groups in total. The van der Waals surface area contributed by atoms with Crippen LogP contribution in [0.3, 0.4) is 0 Å². The molecule has 4 rings (SSSR count). The molecule has 0 aliphatic carbocycles. The maximum absolute atomic E-state index is 13.6. The van der Waals surface area contributed by atoms with E-state index in [1.165, 1.54) is 12.1 Å². The summed E-state index contributed by atoms with van der Waals surface area (Å²) in [6.45, 7) is 5.22. The van der Waals surface area contributed by atoms with E-state index in [1.807, 2.05) is 33.2 Å². The van der Waals surface area contributed by atoms with Crippen LogP contribution in [0.15, 0.2) is 42.9 Å². The van der Waals surface area contributed by atoms with Crippen LogP contribution in [-0.4, -0.2) is 38.4 Å². The highest BCUT2D eigenvalue weighted by molar-refractivity contribution is 5.57. The van der Waals surface area contributed by atoms with Gasteiger partial charge in [0.2, 0.25) is 5.95 Å². The third kappa shape index (κ3) is 4.49. The topological polar surface area (TPSA) is 94.7 Å². The van der Waals surface area contributed by atoms with E-state index >= 15 is 0 Å². The first-order valence-electron chi connectivity index (χ1n) is 10.1. The quantitative estimate of drug-likeness (QED) is 0.606. The second-order valence-corrected chi connectivity index (χ2v) is 8.12. The van der Waals surface area contributed by atoms with E-state index < -0.39 is 0 Å². The number of aromatic nitrogens is 4. The van der Waals surface area contributed by atoms with Crippen LogP contribution in [0.5, 0.6) is 0 Å². The molecule has 3 heterocycles. The van der Waals surface area contributed by atoms with E-state index in [0.717, 1.165) is 22.6 Å². The zero-order valence-electron chi connectivity index (χ0n) is 17.8. The van der Waals surface area contributed by atoms with Crippen molar-refractivity contribution >= 4 is 17.5 Å². The molecule has 31 heavy (non-hydrogen) atoms. The van der Waals surface area contributed by atoms with Crippen LogP contribution < -0.4 is 15.5 Å². The largest absolute Gasteiger partial charge is 0.352 e. The van der Waals surface area contributed by atoms with Crippen LogP contribution in [0, 0.1) is 24.1 Å². The van der Waals surface area contributed by atoms with Gasteiger partial charge in [0.1, 0.15) is 11.6 Å². The van der Waals surface area contributed by atoms with Gasteiger partial charge >= 0.3 is 0 Å². The number of nitriles is 1. The minimum Gasteiger partial charge on any atom is -0.352 e. The number of benzene rings is 1. The molecule has 1 aromatic carbocycles. The third-order valence-corrected chi connectivity index (χ3v) is 5.48. The van der Waals surface area contributed by atoms with Crippen LogP contribution >= 0.6 is 0 Å². The molecule has 160 valence electrons. The molecule has 0 unspecified atom stereocenters. The molecule has 1 fully saturated rings. The summed E-state index contributed by atoms with van der Waals surface area (Å²) in [6.07, 6.45) is 5.70. The van der Waals surface area contributed by atoms with Crippen molar-refractivity contribution < 1.29 is 4.39 Å². The SMILES string of the molecule is Cc1cnc(Nc2cnn(C)c2)nc1N1CC(CC#N)(N[C@@H](C)c2cccc(F)c2)C1. The van der Waals surface area contributed by atoms with E-state index in [1.54, 1.807) is 23.1 Å². The van der Waals surface area contributed by atoms with Crippen molar-refractivity contribution in [3.8, 4) is 6.07 Å². The summed E-state index contributed by atoms with van der Waals surface area (Å²) in [5, 5.41) is 20.3. The lowest BCUT2D eigenvalue weighted by Gasteiger charge is -2.51. The molecule has 3 aromatic rings. The summed E-state index contributed by atoms with van der Waals surface area (Å²) in [4.78, 5) is 11.2. The zero-order chi connectivity index (χ0) is 22.0. The Hall–Kier alpha value is -3.51. The molecule has 0 spiro atoms. The Morgan fingerprint density at radius 3 is 2.81 bits per heavy atom. The van der Waals surface area contributed by atoms with Gasteiger partial charge in [-0.15, -0.1) is 0 Å². The summed E-state index contributed by atoms with van der Waals surface area (Å²) in [7, 11) is 1.85. The molecule has 8 nitrogen and oxygen atoms in total. The Morgan fingerprint density at radius 2 is 2.13 bits per heavy atom. The Labute approximate surface area is 180 Å². The van der Waals surface area contributed by atoms with Crippen LogP contribution in [0.1, 0.15) is 30.5 Å². The standard InChI is InChI=1S/C22H25FN8/c1-15-10-25-21(27-19-11-26-30(3)12-19)28-20(15)31-13-22(14-31,7-8-24)29-16(2)17-5-4-6-18(23)9-17/h4-6,9-12,16,29H,7,13-14H2,1-3H3,(H,25,27,28)/t16-/m0/s1. The predicted octanol–water partition coefficient (Wildman–Crippen LogP) is 3.22. The van der Waals surface area contributed by atoms with Gasteiger partial charge in [-0.2, -0.15) is 15.3 Å². The Balaban J connectivity index is 1.48. The fourth-order valence-corrected chi connectivity index (χ4v) is 3.99. The smallest absolute Gasteiger partial charge is 0.229 e. The first-order valence-corrected chi connectivity index (χ1v) is 10.1. The summed E-state index contributed by atoms with van der Waals surface area (Å²) >= 11 is 0. The van der Waals surface area contributed by atoms with Crippen molar-refractivity contribution in [2.45, 2.75) is 31.8 Å². The van der Waals surface area contributed by atoms with Gasteiger partial charge in [-0.25, -0.2) is 9.37 Å². The van der Waals surface area contributed by atoms with Gasteiger partial charge in [0.25, 0.3) is 0 Å². The van der Waals surface area contributed by atoms with E-state index in [-0.39, 0.29) is 17.4 Å². The molecule has 1 aliphatic rings. The Kier molecular flexibility index (Phi) is 5.57. The van der Waals surface area contributed by atoms with Gasteiger partial charge < -0.3 is 15.5 Å². The lowest BCUT2D eigenvalue weighted by molar-refractivity contribution is 0.235. The van der Waals surface area contributed by atoms with Gasteiger partial charge in [-0.05, 0) is 31.5 Å². The van der Waals surface area contributed by atoms with Gasteiger partial charge in [0, 0.05) is 44.1 Å². The van der Waals surface area contributed by atoms with Gasteiger partial charge in [-0.1, -0.05) is 12.1 Å². The van der Waals surface area contributed by atoms with E-state index in [4.69, 9.17) is 0 Å². The molecule has 0 saturated carbocycles. The third-order valence-electron chi connectivity index (χ3n) is 5.48. The average molecular weight is 420 g/mol. The highest BCUT2D eigenvalue weighted by atomic mass is 19.1. The molecule has 0 bridgehead atoms. The maximum Gasteiger partial charge on any atom is 0.229 e. The summed E-state index contributed by atoms with van der Waals surface area (Å²) in [5.74, 6) is 1.06. The van der Waals surface area contributed by atoms with Crippen LogP contribution in [-0.2, 0) is 7.05 Å².